The molecule has 44 heavy (non-hydrogen) atoms. The molecule has 1 fully saturated rings. The summed E-state index contributed by atoms with van der Waals surface area (Å²) in [6, 6.07) is 20.6. The lowest BCUT2D eigenvalue weighted by atomic mass is 9.95. The number of ether oxygens (including phenoxy) is 3. The number of methoxy groups -OCH3 is 1. The van der Waals surface area contributed by atoms with E-state index < -0.39 is 23.7 Å². The van der Waals surface area contributed by atoms with E-state index >= 15 is 0 Å². The number of aromatic nitrogens is 1. The van der Waals surface area contributed by atoms with Crippen molar-refractivity contribution in [1.29, 1.82) is 0 Å². The van der Waals surface area contributed by atoms with E-state index in [-0.39, 0.29) is 21.3 Å². The fraction of sp³-hybridized carbons (Fsp3) is 0.235. The van der Waals surface area contributed by atoms with Crippen molar-refractivity contribution in [3.8, 4) is 11.5 Å². The Morgan fingerprint density at radius 3 is 2.27 bits per heavy atom. The van der Waals surface area contributed by atoms with Crippen molar-refractivity contribution in [3.05, 3.63) is 111 Å². The molecule has 1 unspecified atom stereocenters. The quantitative estimate of drug-likeness (QED) is 0.0929. The average molecular weight is 613 g/mol. The van der Waals surface area contributed by atoms with E-state index in [2.05, 4.69) is 4.98 Å². The Morgan fingerprint density at radius 1 is 0.955 bits per heavy atom. The Labute approximate surface area is 259 Å². The van der Waals surface area contributed by atoms with Crippen LogP contribution in [0.4, 0.5) is 5.13 Å². The number of carbonyl (C=O) groups excluding carboxylic acids is 3. The number of nitrogens with zero attached hydrogens (tertiary/aromatic N) is 2. The summed E-state index contributed by atoms with van der Waals surface area (Å²) < 4.78 is 16.5. The van der Waals surface area contributed by atoms with Gasteiger partial charge in [-0.25, -0.2) is 9.78 Å². The molecule has 9 nitrogen and oxygen atoms in total. The van der Waals surface area contributed by atoms with Gasteiger partial charge in [-0.05, 0) is 73.4 Å². The first kappa shape index (κ1) is 30.5. The summed E-state index contributed by atoms with van der Waals surface area (Å²) in [5, 5.41) is 11.7. The molecule has 1 N–H and O–H groups in total. The SMILES string of the molecule is CCCOc1ccc(C2/C(=C(\O)c3ccc(OCc4ccccc4C)cc3)C(=O)C(=O)N2c2nc(C)c(C(=O)OC)s2)cc1. The lowest BCUT2D eigenvalue weighted by Gasteiger charge is -2.23. The van der Waals surface area contributed by atoms with Crippen molar-refractivity contribution in [2.75, 3.05) is 18.6 Å². The van der Waals surface area contributed by atoms with E-state index in [0.717, 1.165) is 28.9 Å². The summed E-state index contributed by atoms with van der Waals surface area (Å²) in [6.45, 7) is 6.56. The Morgan fingerprint density at radius 2 is 1.61 bits per heavy atom. The lowest BCUT2D eigenvalue weighted by Crippen LogP contribution is -2.29. The maximum atomic E-state index is 13.6. The van der Waals surface area contributed by atoms with E-state index in [1.807, 2.05) is 38.1 Å². The van der Waals surface area contributed by atoms with Crippen LogP contribution in [-0.4, -0.2) is 41.5 Å². The minimum absolute atomic E-state index is 0.0988. The molecule has 10 heteroatoms. The number of rotatable bonds is 10. The van der Waals surface area contributed by atoms with Crippen LogP contribution in [0, 0.1) is 13.8 Å². The van der Waals surface area contributed by atoms with Crippen LogP contribution >= 0.6 is 11.3 Å². The van der Waals surface area contributed by atoms with Gasteiger partial charge < -0.3 is 19.3 Å². The highest BCUT2D eigenvalue weighted by Crippen LogP contribution is 2.44. The van der Waals surface area contributed by atoms with Crippen LogP contribution < -0.4 is 14.4 Å². The zero-order valence-corrected chi connectivity index (χ0v) is 25.6. The van der Waals surface area contributed by atoms with Gasteiger partial charge in [-0.3, -0.25) is 14.5 Å². The number of hydrogen-bond acceptors (Lipinski definition) is 9. The van der Waals surface area contributed by atoms with Crippen LogP contribution in [0.1, 0.15) is 57.0 Å². The van der Waals surface area contributed by atoms with Crippen molar-refractivity contribution in [2.24, 2.45) is 0 Å². The Balaban J connectivity index is 1.53. The van der Waals surface area contributed by atoms with E-state index in [1.165, 1.54) is 12.0 Å². The molecule has 1 atom stereocenters. The van der Waals surface area contributed by atoms with Crippen molar-refractivity contribution < 1.29 is 33.7 Å². The first-order chi connectivity index (χ1) is 21.2. The summed E-state index contributed by atoms with van der Waals surface area (Å²) in [5.74, 6) is -1.46. The average Bonchev–Trinajstić information content (AvgIpc) is 3.55. The third-order valence-corrected chi connectivity index (χ3v) is 8.40. The van der Waals surface area contributed by atoms with Gasteiger partial charge in [0.1, 0.15) is 28.7 Å². The van der Waals surface area contributed by atoms with Gasteiger partial charge in [0.15, 0.2) is 5.13 Å². The van der Waals surface area contributed by atoms with Crippen molar-refractivity contribution in [1.82, 2.24) is 4.98 Å². The highest BCUT2D eigenvalue weighted by atomic mass is 32.1. The molecule has 0 radical (unpaired) electrons. The smallest absolute Gasteiger partial charge is 0.350 e. The standard InChI is InChI=1S/C34H32N2O7S/c1-5-18-42-25-14-10-22(11-15-25)28-27(30(38)32(39)36(28)34-35-21(3)31(44-34)33(40)41-4)29(37)23-12-16-26(17-13-23)43-19-24-9-7-6-8-20(24)2/h6-17,28,37H,5,18-19H2,1-4H3/b29-27+. The molecule has 0 saturated carbocycles. The fourth-order valence-electron chi connectivity index (χ4n) is 4.88. The second-order valence-corrected chi connectivity index (χ2v) is 11.2. The molecule has 5 rings (SSSR count). The number of thiazole rings is 1. The van der Waals surface area contributed by atoms with E-state index in [4.69, 9.17) is 14.2 Å². The monoisotopic (exact) mass is 612 g/mol. The molecule has 2 heterocycles. The Kier molecular flexibility index (Phi) is 9.10. The van der Waals surface area contributed by atoms with Gasteiger partial charge in [0.2, 0.25) is 0 Å². The molecular formula is C34H32N2O7S. The first-order valence-corrected chi connectivity index (χ1v) is 14.9. The van der Waals surface area contributed by atoms with Crippen LogP contribution in [0.5, 0.6) is 11.5 Å². The molecule has 1 aliphatic rings. The summed E-state index contributed by atoms with van der Waals surface area (Å²) in [4.78, 5) is 45.3. The number of Topliss-reactive ketones (excluding diaryl/α,β-unsaturated/α-hetero) is 1. The van der Waals surface area contributed by atoms with Gasteiger partial charge in [-0.15, -0.1) is 0 Å². The summed E-state index contributed by atoms with van der Waals surface area (Å²) in [5.41, 5.74) is 3.33. The zero-order chi connectivity index (χ0) is 31.4. The number of benzene rings is 3. The highest BCUT2D eigenvalue weighted by molar-refractivity contribution is 7.17. The number of carbonyl (C=O) groups is 3. The van der Waals surface area contributed by atoms with E-state index in [9.17, 15) is 19.5 Å². The summed E-state index contributed by atoms with van der Waals surface area (Å²) in [6.07, 6.45) is 0.837. The van der Waals surface area contributed by atoms with Gasteiger partial charge in [-0.1, -0.05) is 54.7 Å². The molecule has 1 aromatic heterocycles. The maximum absolute atomic E-state index is 13.6. The van der Waals surface area contributed by atoms with E-state index in [0.29, 0.717) is 41.5 Å². The number of aliphatic hydroxyl groups is 1. The number of anilines is 1. The number of ketones is 1. The van der Waals surface area contributed by atoms with Gasteiger partial charge in [0.25, 0.3) is 5.78 Å². The first-order valence-electron chi connectivity index (χ1n) is 14.1. The third-order valence-electron chi connectivity index (χ3n) is 7.26. The molecule has 0 spiro atoms. The molecule has 3 aromatic carbocycles. The largest absolute Gasteiger partial charge is 0.507 e. The number of aryl methyl sites for hydroxylation is 2. The van der Waals surface area contributed by atoms with Gasteiger partial charge in [0, 0.05) is 5.56 Å². The number of aliphatic hydroxyl groups excluding tert-OH is 1. The number of amides is 1. The summed E-state index contributed by atoms with van der Waals surface area (Å²) in [7, 11) is 1.26. The van der Waals surface area contributed by atoms with Crippen molar-refractivity contribution in [3.63, 3.8) is 0 Å². The van der Waals surface area contributed by atoms with Gasteiger partial charge >= 0.3 is 11.9 Å². The molecule has 0 aliphatic carbocycles. The van der Waals surface area contributed by atoms with Crippen molar-refractivity contribution >= 4 is 39.9 Å². The molecule has 0 bridgehead atoms. The Bertz CT molecular complexity index is 1730. The summed E-state index contributed by atoms with van der Waals surface area (Å²) >= 11 is 0.946. The number of hydrogen-bond donors (Lipinski definition) is 1. The number of esters is 1. The fourth-order valence-corrected chi connectivity index (χ4v) is 5.89. The lowest BCUT2D eigenvalue weighted by molar-refractivity contribution is -0.132. The maximum Gasteiger partial charge on any atom is 0.350 e. The third kappa shape index (κ3) is 6.07. The van der Waals surface area contributed by atoms with Crippen LogP contribution in [0.15, 0.2) is 78.4 Å². The Hall–Kier alpha value is -4.96. The van der Waals surface area contributed by atoms with Gasteiger partial charge in [0.05, 0.1) is 31.0 Å². The topological polar surface area (TPSA) is 115 Å². The molecule has 1 aliphatic heterocycles. The zero-order valence-electron chi connectivity index (χ0n) is 24.8. The van der Waals surface area contributed by atoms with E-state index in [1.54, 1.807) is 55.5 Å². The molecule has 226 valence electrons. The highest BCUT2D eigenvalue weighted by Gasteiger charge is 2.48. The minimum atomic E-state index is -1.01. The van der Waals surface area contributed by atoms with Crippen LogP contribution in [-0.2, 0) is 20.9 Å². The molecular weight excluding hydrogens is 580 g/mol. The second-order valence-electron chi connectivity index (χ2n) is 10.2. The predicted octanol–water partition coefficient (Wildman–Crippen LogP) is 6.54. The minimum Gasteiger partial charge on any atom is -0.507 e. The van der Waals surface area contributed by atoms with Crippen LogP contribution in [0.3, 0.4) is 0 Å². The van der Waals surface area contributed by atoms with Crippen molar-refractivity contribution in [2.45, 2.75) is 39.8 Å². The molecule has 4 aromatic rings. The molecule has 1 saturated heterocycles. The predicted molar refractivity (Wildman–Crippen MR) is 167 cm³/mol. The van der Waals surface area contributed by atoms with Gasteiger partial charge in [-0.2, -0.15) is 0 Å². The van der Waals surface area contributed by atoms with Crippen LogP contribution in [0.25, 0.3) is 5.76 Å². The second kappa shape index (κ2) is 13.1. The molecule has 1 amide bonds. The van der Waals surface area contributed by atoms with Crippen LogP contribution in [0.2, 0.25) is 0 Å². The normalized spacial score (nSPS) is 15.8.